The van der Waals surface area contributed by atoms with Gasteiger partial charge in [-0.3, -0.25) is 4.79 Å². The molecule has 3 aromatic rings. The molecule has 1 aromatic heterocycles. The van der Waals surface area contributed by atoms with Crippen LogP contribution < -0.4 is 0 Å². The summed E-state index contributed by atoms with van der Waals surface area (Å²) in [6.07, 6.45) is 0.634. The molecule has 0 unspecified atom stereocenters. The van der Waals surface area contributed by atoms with Crippen LogP contribution in [-0.4, -0.2) is 21.3 Å². The fourth-order valence-corrected chi connectivity index (χ4v) is 2.47. The highest BCUT2D eigenvalue weighted by Crippen LogP contribution is 2.25. The van der Waals surface area contributed by atoms with E-state index in [1.807, 2.05) is 30.3 Å². The molecule has 22 heavy (non-hydrogen) atoms. The summed E-state index contributed by atoms with van der Waals surface area (Å²) in [5.41, 5.74) is 1.83. The summed E-state index contributed by atoms with van der Waals surface area (Å²) in [5.74, 6) is -0.422. The second-order valence-electron chi connectivity index (χ2n) is 4.67. The first-order valence-corrected chi connectivity index (χ1v) is 6.95. The minimum atomic E-state index is -0.422. The van der Waals surface area contributed by atoms with Gasteiger partial charge in [-0.15, -0.1) is 5.10 Å². The molecule has 0 aliphatic rings. The topological polar surface area (TPSA) is 47.8 Å². The van der Waals surface area contributed by atoms with E-state index >= 15 is 0 Å². The number of aromatic nitrogens is 3. The van der Waals surface area contributed by atoms with Gasteiger partial charge in [0.1, 0.15) is 5.82 Å². The van der Waals surface area contributed by atoms with E-state index in [4.69, 9.17) is 11.6 Å². The van der Waals surface area contributed by atoms with E-state index in [0.29, 0.717) is 22.6 Å². The minimum absolute atomic E-state index is 0.0938. The molecule has 0 radical (unpaired) electrons. The van der Waals surface area contributed by atoms with Gasteiger partial charge in [-0.25, -0.2) is 9.07 Å². The largest absolute Gasteiger partial charge is 0.296 e. The highest BCUT2D eigenvalue weighted by Gasteiger charge is 2.17. The van der Waals surface area contributed by atoms with Gasteiger partial charge >= 0.3 is 0 Å². The molecule has 0 aliphatic carbocycles. The monoisotopic (exact) mass is 315 g/mol. The smallest absolute Gasteiger partial charge is 0.172 e. The first-order valence-electron chi connectivity index (χ1n) is 6.57. The average molecular weight is 316 g/mol. The molecule has 110 valence electrons. The number of carbonyl (C=O) groups is 1. The minimum Gasteiger partial charge on any atom is -0.296 e. The van der Waals surface area contributed by atoms with Crippen molar-refractivity contribution in [2.24, 2.45) is 0 Å². The Labute approximate surface area is 131 Å². The van der Waals surface area contributed by atoms with Gasteiger partial charge in [0.2, 0.25) is 0 Å². The van der Waals surface area contributed by atoms with Gasteiger partial charge in [-0.2, -0.15) is 0 Å². The highest BCUT2D eigenvalue weighted by molar-refractivity contribution is 6.31. The number of carbonyl (C=O) groups excluding carboxylic acids is 1. The Morgan fingerprint density at radius 2 is 1.91 bits per heavy atom. The molecule has 0 N–H and O–H groups in total. The van der Waals surface area contributed by atoms with Gasteiger partial charge in [-0.1, -0.05) is 53.2 Å². The Hall–Kier alpha value is -2.53. The number of hydrogen-bond donors (Lipinski definition) is 0. The summed E-state index contributed by atoms with van der Waals surface area (Å²) in [4.78, 5) is 11.2. The lowest BCUT2D eigenvalue weighted by Gasteiger charge is -2.09. The standard InChI is InChI=1S/C16H11ClFN3O/c17-13-7-4-8-14(18)12(13)9-21-16(15(10-22)19-20-21)11-5-2-1-3-6-11/h1-8,10H,9H2. The average Bonchev–Trinajstić information content (AvgIpc) is 2.94. The first-order chi connectivity index (χ1) is 10.7. The van der Waals surface area contributed by atoms with Crippen LogP contribution in [0.1, 0.15) is 16.1 Å². The lowest BCUT2D eigenvalue weighted by Crippen LogP contribution is -2.07. The second-order valence-corrected chi connectivity index (χ2v) is 5.07. The third-order valence-electron chi connectivity index (χ3n) is 3.29. The molecular formula is C16H11ClFN3O. The maximum Gasteiger partial charge on any atom is 0.172 e. The predicted molar refractivity (Wildman–Crippen MR) is 81.4 cm³/mol. The van der Waals surface area contributed by atoms with Gasteiger partial charge in [0.25, 0.3) is 0 Å². The molecule has 0 spiro atoms. The van der Waals surface area contributed by atoms with Crippen molar-refractivity contribution >= 4 is 17.9 Å². The van der Waals surface area contributed by atoms with Crippen molar-refractivity contribution in [1.82, 2.24) is 15.0 Å². The lowest BCUT2D eigenvalue weighted by molar-refractivity contribution is 0.111. The molecule has 2 aromatic carbocycles. The molecule has 0 aliphatic heterocycles. The van der Waals surface area contributed by atoms with E-state index in [9.17, 15) is 9.18 Å². The molecule has 0 fully saturated rings. The van der Waals surface area contributed by atoms with Crippen LogP contribution in [0.25, 0.3) is 11.3 Å². The van der Waals surface area contributed by atoms with Crippen LogP contribution in [0, 0.1) is 5.82 Å². The third kappa shape index (κ3) is 2.63. The lowest BCUT2D eigenvalue weighted by atomic mass is 10.1. The van der Waals surface area contributed by atoms with Gasteiger partial charge < -0.3 is 0 Å². The molecule has 1 heterocycles. The van der Waals surface area contributed by atoms with E-state index in [1.54, 1.807) is 6.07 Å². The van der Waals surface area contributed by atoms with E-state index in [-0.39, 0.29) is 12.2 Å². The SMILES string of the molecule is O=Cc1nnn(Cc2c(F)cccc2Cl)c1-c1ccccc1. The molecular weight excluding hydrogens is 305 g/mol. The number of benzene rings is 2. The number of halogens is 2. The molecule has 6 heteroatoms. The zero-order chi connectivity index (χ0) is 15.5. The van der Waals surface area contributed by atoms with E-state index in [0.717, 1.165) is 5.56 Å². The Kier molecular flexibility index (Phi) is 3.98. The number of nitrogens with zero attached hydrogens (tertiary/aromatic N) is 3. The Balaban J connectivity index is 2.09. The third-order valence-corrected chi connectivity index (χ3v) is 3.64. The quantitative estimate of drug-likeness (QED) is 0.691. The zero-order valence-corrected chi connectivity index (χ0v) is 12.2. The van der Waals surface area contributed by atoms with Crippen LogP contribution in [0.3, 0.4) is 0 Å². The van der Waals surface area contributed by atoms with Gasteiger partial charge in [-0.05, 0) is 12.1 Å². The normalized spacial score (nSPS) is 10.6. The predicted octanol–water partition coefficient (Wildman–Crippen LogP) is 3.60. The van der Waals surface area contributed by atoms with Gasteiger partial charge in [0.15, 0.2) is 12.0 Å². The van der Waals surface area contributed by atoms with Crippen molar-refractivity contribution in [3.8, 4) is 11.3 Å². The molecule has 0 saturated heterocycles. The van der Waals surface area contributed by atoms with Gasteiger partial charge in [0.05, 0.1) is 12.2 Å². The molecule has 0 atom stereocenters. The second kappa shape index (κ2) is 6.07. The summed E-state index contributed by atoms with van der Waals surface area (Å²) in [6, 6.07) is 13.7. The van der Waals surface area contributed by atoms with Crippen molar-refractivity contribution < 1.29 is 9.18 Å². The van der Waals surface area contributed by atoms with Crippen LogP contribution in [0.2, 0.25) is 5.02 Å². The van der Waals surface area contributed by atoms with Gasteiger partial charge in [0, 0.05) is 16.1 Å². The molecule has 0 saturated carbocycles. The summed E-state index contributed by atoms with van der Waals surface area (Å²) in [6.45, 7) is 0.0938. The van der Waals surface area contributed by atoms with Crippen molar-refractivity contribution in [2.75, 3.05) is 0 Å². The van der Waals surface area contributed by atoms with Crippen LogP contribution in [0.5, 0.6) is 0 Å². The fourth-order valence-electron chi connectivity index (χ4n) is 2.24. The summed E-state index contributed by atoms with van der Waals surface area (Å²) in [5, 5.41) is 8.10. The summed E-state index contributed by atoms with van der Waals surface area (Å²) >= 11 is 6.05. The van der Waals surface area contributed by atoms with Crippen molar-refractivity contribution in [3.05, 3.63) is 70.6 Å². The Morgan fingerprint density at radius 3 is 2.59 bits per heavy atom. The maximum atomic E-state index is 13.9. The van der Waals surface area contributed by atoms with Crippen LogP contribution in [0.15, 0.2) is 48.5 Å². The summed E-state index contributed by atoms with van der Waals surface area (Å²) < 4.78 is 15.4. The molecule has 0 bridgehead atoms. The van der Waals surface area contributed by atoms with E-state index in [2.05, 4.69) is 10.3 Å². The van der Waals surface area contributed by atoms with Crippen LogP contribution >= 0.6 is 11.6 Å². The molecule has 4 nitrogen and oxygen atoms in total. The molecule has 0 amide bonds. The Bertz CT molecular complexity index is 797. The summed E-state index contributed by atoms with van der Waals surface area (Å²) in [7, 11) is 0. The van der Waals surface area contributed by atoms with E-state index < -0.39 is 5.82 Å². The number of hydrogen-bond acceptors (Lipinski definition) is 3. The first kappa shape index (κ1) is 14.4. The maximum absolute atomic E-state index is 13.9. The number of rotatable bonds is 4. The fraction of sp³-hybridized carbons (Fsp3) is 0.0625. The van der Waals surface area contributed by atoms with Crippen molar-refractivity contribution in [1.29, 1.82) is 0 Å². The zero-order valence-electron chi connectivity index (χ0n) is 11.4. The van der Waals surface area contributed by atoms with Crippen molar-refractivity contribution in [2.45, 2.75) is 6.54 Å². The van der Waals surface area contributed by atoms with Crippen LogP contribution in [0.4, 0.5) is 4.39 Å². The number of aldehydes is 1. The van der Waals surface area contributed by atoms with Crippen LogP contribution in [-0.2, 0) is 6.54 Å². The Morgan fingerprint density at radius 1 is 1.14 bits per heavy atom. The van der Waals surface area contributed by atoms with E-state index in [1.165, 1.54) is 16.8 Å². The highest BCUT2D eigenvalue weighted by atomic mass is 35.5. The van der Waals surface area contributed by atoms with Crippen molar-refractivity contribution in [3.63, 3.8) is 0 Å². The molecule has 3 rings (SSSR count).